The Morgan fingerprint density at radius 3 is 2.41 bits per heavy atom. The third kappa shape index (κ3) is 4.28. The van der Waals surface area contributed by atoms with Crippen molar-refractivity contribution >= 4 is 28.5 Å². The Kier molecular flexibility index (Phi) is 5.45. The number of aryl methyl sites for hydroxylation is 3. The molecule has 6 heteroatoms. The Hall–Kier alpha value is -3.28. The van der Waals surface area contributed by atoms with Crippen LogP contribution >= 0.6 is 0 Å². The maximum Gasteiger partial charge on any atom is 0.251 e. The SMILES string of the molecule is CCc1ccccc1NC(=O)CNC(=O)c1ccc2nc(C)c(C)nc2c1. The summed E-state index contributed by atoms with van der Waals surface area (Å²) >= 11 is 0. The third-order valence-corrected chi connectivity index (χ3v) is 4.42. The molecule has 0 spiro atoms. The quantitative estimate of drug-likeness (QED) is 0.730. The molecule has 0 saturated heterocycles. The van der Waals surface area contributed by atoms with Crippen molar-refractivity contribution < 1.29 is 9.59 Å². The number of nitrogens with one attached hydrogen (secondary N) is 2. The molecule has 2 amide bonds. The fraction of sp³-hybridized carbons (Fsp3) is 0.238. The molecule has 0 fully saturated rings. The maximum atomic E-state index is 12.4. The first-order valence-corrected chi connectivity index (χ1v) is 8.89. The normalized spacial score (nSPS) is 10.6. The Balaban J connectivity index is 1.66. The van der Waals surface area contributed by atoms with Crippen LogP contribution in [0.1, 0.15) is 34.2 Å². The number of hydrogen-bond acceptors (Lipinski definition) is 4. The molecule has 0 atom stereocenters. The molecule has 3 rings (SSSR count). The molecular formula is C21H22N4O2. The smallest absolute Gasteiger partial charge is 0.251 e. The Morgan fingerprint density at radius 1 is 0.963 bits per heavy atom. The zero-order valence-electron chi connectivity index (χ0n) is 15.7. The highest BCUT2D eigenvalue weighted by Crippen LogP contribution is 2.16. The molecule has 2 N–H and O–H groups in total. The molecule has 1 aromatic heterocycles. The minimum atomic E-state index is -0.323. The number of aromatic nitrogens is 2. The van der Waals surface area contributed by atoms with E-state index in [1.54, 1.807) is 18.2 Å². The van der Waals surface area contributed by atoms with E-state index in [0.717, 1.165) is 34.6 Å². The Labute approximate surface area is 158 Å². The van der Waals surface area contributed by atoms with Crippen LogP contribution in [0.4, 0.5) is 5.69 Å². The van der Waals surface area contributed by atoms with Gasteiger partial charge in [0, 0.05) is 11.3 Å². The first kappa shape index (κ1) is 18.5. The van der Waals surface area contributed by atoms with Gasteiger partial charge >= 0.3 is 0 Å². The van der Waals surface area contributed by atoms with Gasteiger partial charge < -0.3 is 10.6 Å². The van der Waals surface area contributed by atoms with Gasteiger partial charge in [-0.3, -0.25) is 9.59 Å². The lowest BCUT2D eigenvalue weighted by Gasteiger charge is -2.10. The van der Waals surface area contributed by atoms with Gasteiger partial charge in [-0.2, -0.15) is 0 Å². The number of anilines is 1. The lowest BCUT2D eigenvalue weighted by molar-refractivity contribution is -0.115. The van der Waals surface area contributed by atoms with E-state index in [-0.39, 0.29) is 18.4 Å². The summed E-state index contributed by atoms with van der Waals surface area (Å²) in [5.41, 5.74) is 5.36. The Bertz CT molecular complexity index is 1010. The highest BCUT2D eigenvalue weighted by molar-refractivity contribution is 6.01. The average molecular weight is 362 g/mol. The van der Waals surface area contributed by atoms with Crippen molar-refractivity contribution in [2.24, 2.45) is 0 Å². The summed E-state index contributed by atoms with van der Waals surface area (Å²) in [5.74, 6) is -0.591. The van der Waals surface area contributed by atoms with Crippen molar-refractivity contribution in [3.05, 3.63) is 65.0 Å². The summed E-state index contributed by atoms with van der Waals surface area (Å²) in [7, 11) is 0. The van der Waals surface area contributed by atoms with Gasteiger partial charge in [-0.05, 0) is 50.1 Å². The largest absolute Gasteiger partial charge is 0.343 e. The van der Waals surface area contributed by atoms with E-state index in [1.165, 1.54) is 0 Å². The maximum absolute atomic E-state index is 12.4. The van der Waals surface area contributed by atoms with E-state index in [4.69, 9.17) is 0 Å². The lowest BCUT2D eigenvalue weighted by atomic mass is 10.1. The van der Waals surface area contributed by atoms with Crippen LogP contribution in [-0.4, -0.2) is 28.3 Å². The molecule has 27 heavy (non-hydrogen) atoms. The van der Waals surface area contributed by atoms with Crippen LogP contribution in [0.25, 0.3) is 11.0 Å². The van der Waals surface area contributed by atoms with Crippen LogP contribution in [0.15, 0.2) is 42.5 Å². The van der Waals surface area contributed by atoms with Crippen LogP contribution in [0.2, 0.25) is 0 Å². The van der Waals surface area contributed by atoms with E-state index in [1.807, 2.05) is 45.0 Å². The van der Waals surface area contributed by atoms with Crippen molar-refractivity contribution in [2.45, 2.75) is 27.2 Å². The first-order chi connectivity index (χ1) is 13.0. The van der Waals surface area contributed by atoms with E-state index < -0.39 is 0 Å². The predicted octanol–water partition coefficient (Wildman–Crippen LogP) is 3.18. The topological polar surface area (TPSA) is 84.0 Å². The number of hydrogen-bond donors (Lipinski definition) is 2. The van der Waals surface area contributed by atoms with Crippen LogP contribution in [-0.2, 0) is 11.2 Å². The fourth-order valence-corrected chi connectivity index (χ4v) is 2.78. The van der Waals surface area contributed by atoms with Crippen molar-refractivity contribution in [3.8, 4) is 0 Å². The molecule has 0 aliphatic carbocycles. The molecule has 138 valence electrons. The van der Waals surface area contributed by atoms with E-state index in [9.17, 15) is 9.59 Å². The van der Waals surface area contributed by atoms with Gasteiger partial charge in [0.05, 0.1) is 29.0 Å². The van der Waals surface area contributed by atoms with Gasteiger partial charge in [0.15, 0.2) is 0 Å². The second kappa shape index (κ2) is 7.95. The molecule has 0 aliphatic heterocycles. The van der Waals surface area contributed by atoms with Gasteiger partial charge in [-0.15, -0.1) is 0 Å². The van der Waals surface area contributed by atoms with E-state index >= 15 is 0 Å². The van der Waals surface area contributed by atoms with Crippen LogP contribution < -0.4 is 10.6 Å². The first-order valence-electron chi connectivity index (χ1n) is 8.89. The van der Waals surface area contributed by atoms with Crippen molar-refractivity contribution in [1.82, 2.24) is 15.3 Å². The zero-order chi connectivity index (χ0) is 19.4. The highest BCUT2D eigenvalue weighted by Gasteiger charge is 2.11. The van der Waals surface area contributed by atoms with Crippen molar-refractivity contribution in [2.75, 3.05) is 11.9 Å². The summed E-state index contributed by atoms with van der Waals surface area (Å²) in [5, 5.41) is 5.48. The third-order valence-electron chi connectivity index (χ3n) is 4.42. The number of benzene rings is 2. The minimum absolute atomic E-state index is 0.104. The lowest BCUT2D eigenvalue weighted by Crippen LogP contribution is -2.33. The molecule has 0 radical (unpaired) electrons. The van der Waals surface area contributed by atoms with Crippen molar-refractivity contribution in [1.29, 1.82) is 0 Å². The molecule has 0 aliphatic rings. The monoisotopic (exact) mass is 362 g/mol. The number of rotatable bonds is 5. The predicted molar refractivity (Wildman–Crippen MR) is 106 cm³/mol. The molecule has 2 aromatic carbocycles. The summed E-state index contributed by atoms with van der Waals surface area (Å²) in [4.78, 5) is 33.5. The second-order valence-electron chi connectivity index (χ2n) is 6.34. The fourth-order valence-electron chi connectivity index (χ4n) is 2.78. The number of fused-ring (bicyclic) bond motifs is 1. The number of amides is 2. The van der Waals surface area contributed by atoms with Crippen LogP contribution in [0, 0.1) is 13.8 Å². The van der Waals surface area contributed by atoms with Gasteiger partial charge in [0.25, 0.3) is 5.91 Å². The number of carbonyl (C=O) groups excluding carboxylic acids is 2. The molecular weight excluding hydrogens is 340 g/mol. The molecule has 6 nitrogen and oxygen atoms in total. The number of carbonyl (C=O) groups is 2. The van der Waals surface area contributed by atoms with Crippen LogP contribution in [0.5, 0.6) is 0 Å². The second-order valence-corrected chi connectivity index (χ2v) is 6.34. The van der Waals surface area contributed by atoms with E-state index in [2.05, 4.69) is 20.6 Å². The van der Waals surface area contributed by atoms with Gasteiger partial charge in [0.1, 0.15) is 0 Å². The Morgan fingerprint density at radius 2 is 1.67 bits per heavy atom. The molecule has 0 unspecified atom stereocenters. The van der Waals surface area contributed by atoms with Crippen LogP contribution in [0.3, 0.4) is 0 Å². The molecule has 0 bridgehead atoms. The van der Waals surface area contributed by atoms with Gasteiger partial charge in [0.2, 0.25) is 5.91 Å². The highest BCUT2D eigenvalue weighted by atomic mass is 16.2. The molecule has 0 saturated carbocycles. The summed E-state index contributed by atoms with van der Waals surface area (Å²) < 4.78 is 0. The van der Waals surface area contributed by atoms with Gasteiger partial charge in [-0.25, -0.2) is 9.97 Å². The number of para-hydroxylation sites is 1. The summed E-state index contributed by atoms with van der Waals surface area (Å²) in [6, 6.07) is 12.8. The standard InChI is InChI=1S/C21H22N4O2/c1-4-15-7-5-6-8-17(15)25-20(26)12-22-21(27)16-9-10-18-19(11-16)24-14(3)13(2)23-18/h5-11H,4,12H2,1-3H3,(H,22,27)(H,25,26). The van der Waals surface area contributed by atoms with E-state index in [0.29, 0.717) is 11.1 Å². The van der Waals surface area contributed by atoms with Gasteiger partial charge in [-0.1, -0.05) is 25.1 Å². The average Bonchev–Trinajstić information content (AvgIpc) is 2.67. The van der Waals surface area contributed by atoms with Crippen molar-refractivity contribution in [3.63, 3.8) is 0 Å². The summed E-state index contributed by atoms with van der Waals surface area (Å²) in [6.07, 6.45) is 0.819. The minimum Gasteiger partial charge on any atom is -0.343 e. The number of nitrogens with zero attached hydrogens (tertiary/aromatic N) is 2. The molecule has 3 aromatic rings. The molecule has 1 heterocycles. The zero-order valence-corrected chi connectivity index (χ0v) is 15.7. The summed E-state index contributed by atoms with van der Waals surface area (Å²) in [6.45, 7) is 5.71.